The molecule has 1 aliphatic carbocycles. The molecule has 0 radical (unpaired) electrons. The van der Waals surface area contributed by atoms with Gasteiger partial charge in [0.05, 0.1) is 5.70 Å². The molecule has 9 aromatic rings. The SMILES string of the molecule is C1=CC2c3c(cc(-c4cccc5oc6ccccc6c45)c4ccccc34)OC2C(N(c2ccc(-c3ccccc3)cc2)c2ccc(-c3ccccc3)cc2)=C1. The maximum Gasteiger partial charge on any atom is 0.149 e. The Hall–Kier alpha value is -7.10. The number of furan rings is 1. The largest absolute Gasteiger partial charge is 0.483 e. The van der Waals surface area contributed by atoms with E-state index in [4.69, 9.17) is 9.15 Å². The van der Waals surface area contributed by atoms with Gasteiger partial charge >= 0.3 is 0 Å². The molecule has 2 atom stereocenters. The molecule has 0 fully saturated rings. The van der Waals surface area contributed by atoms with E-state index in [-0.39, 0.29) is 12.0 Å². The van der Waals surface area contributed by atoms with Gasteiger partial charge in [-0.05, 0) is 92.7 Å². The molecule has 55 heavy (non-hydrogen) atoms. The van der Waals surface area contributed by atoms with E-state index in [2.05, 4.69) is 193 Å². The minimum Gasteiger partial charge on any atom is -0.483 e. The molecule has 0 bridgehead atoms. The highest BCUT2D eigenvalue weighted by atomic mass is 16.5. The second-order valence-electron chi connectivity index (χ2n) is 14.4. The zero-order valence-electron chi connectivity index (χ0n) is 30.0. The number of benzene rings is 8. The molecule has 0 N–H and O–H groups in total. The molecule has 3 nitrogen and oxygen atoms in total. The Morgan fingerprint density at radius 3 is 1.69 bits per heavy atom. The first-order chi connectivity index (χ1) is 27.3. The van der Waals surface area contributed by atoms with Crippen LogP contribution in [0.4, 0.5) is 11.4 Å². The summed E-state index contributed by atoms with van der Waals surface area (Å²) < 4.78 is 13.5. The minimum absolute atomic E-state index is 0.0363. The third-order valence-corrected chi connectivity index (χ3v) is 11.3. The van der Waals surface area contributed by atoms with E-state index in [9.17, 15) is 0 Å². The first kappa shape index (κ1) is 31.4. The van der Waals surface area contributed by atoms with Crippen LogP contribution in [0.5, 0.6) is 5.75 Å². The molecule has 260 valence electrons. The summed E-state index contributed by atoms with van der Waals surface area (Å²) in [4.78, 5) is 2.37. The fraction of sp³-hybridized carbons (Fsp3) is 0.0385. The predicted octanol–water partition coefficient (Wildman–Crippen LogP) is 13.9. The van der Waals surface area contributed by atoms with Crippen LogP contribution in [0.1, 0.15) is 11.5 Å². The molecule has 2 aliphatic rings. The second kappa shape index (κ2) is 12.8. The fourth-order valence-corrected chi connectivity index (χ4v) is 8.72. The van der Waals surface area contributed by atoms with Crippen molar-refractivity contribution in [2.24, 2.45) is 0 Å². The van der Waals surface area contributed by atoms with Crippen LogP contribution in [-0.2, 0) is 0 Å². The molecule has 1 aromatic heterocycles. The summed E-state index contributed by atoms with van der Waals surface area (Å²) in [5, 5.41) is 4.66. The van der Waals surface area contributed by atoms with E-state index in [1.54, 1.807) is 0 Å². The van der Waals surface area contributed by atoms with Crippen molar-refractivity contribution >= 4 is 44.1 Å². The van der Waals surface area contributed by atoms with Gasteiger partial charge in [-0.1, -0.05) is 152 Å². The third kappa shape index (κ3) is 5.20. The van der Waals surface area contributed by atoms with Crippen molar-refractivity contribution in [3.8, 4) is 39.1 Å². The number of ether oxygens (including phenoxy) is 1. The summed E-state index contributed by atoms with van der Waals surface area (Å²) in [6.07, 6.45) is 6.52. The quantitative estimate of drug-likeness (QED) is 0.172. The molecular formula is C52H35NO2. The summed E-state index contributed by atoms with van der Waals surface area (Å²) in [6, 6.07) is 64.6. The molecule has 2 heterocycles. The molecule has 0 spiro atoms. The predicted molar refractivity (Wildman–Crippen MR) is 227 cm³/mol. The molecule has 1 aliphatic heterocycles. The molecule has 11 rings (SSSR count). The molecule has 0 saturated carbocycles. The van der Waals surface area contributed by atoms with Crippen LogP contribution in [0, 0.1) is 0 Å². The standard InChI is InChI=1S/C52H35NO2/c1-3-13-34(14-4-1)36-25-29-38(30-26-36)53(39-31-27-37(28-32-39)35-15-5-2-6-16-35)46-22-11-21-44-51-41-18-8-7-17-40(41)45(33-49(51)55-52(44)46)42-20-12-24-48-50(42)43-19-9-10-23-47(43)54-48/h1-33,44,52H. The Morgan fingerprint density at radius 1 is 0.455 bits per heavy atom. The van der Waals surface area contributed by atoms with Gasteiger partial charge in [-0.15, -0.1) is 0 Å². The van der Waals surface area contributed by atoms with Crippen LogP contribution < -0.4 is 9.64 Å². The summed E-state index contributed by atoms with van der Waals surface area (Å²) in [7, 11) is 0. The monoisotopic (exact) mass is 705 g/mol. The number of allylic oxidation sites excluding steroid dienone is 2. The average Bonchev–Trinajstić information content (AvgIpc) is 3.84. The fourth-order valence-electron chi connectivity index (χ4n) is 8.72. The number of fused-ring (bicyclic) bond motifs is 8. The van der Waals surface area contributed by atoms with Gasteiger partial charge in [0.25, 0.3) is 0 Å². The van der Waals surface area contributed by atoms with Crippen LogP contribution in [0.3, 0.4) is 0 Å². The summed E-state index contributed by atoms with van der Waals surface area (Å²) >= 11 is 0. The highest BCUT2D eigenvalue weighted by Gasteiger charge is 2.41. The van der Waals surface area contributed by atoms with E-state index in [1.165, 1.54) is 38.6 Å². The maximum atomic E-state index is 7.20. The van der Waals surface area contributed by atoms with Crippen LogP contribution in [0.2, 0.25) is 0 Å². The Bertz CT molecular complexity index is 2860. The lowest BCUT2D eigenvalue weighted by molar-refractivity contribution is 0.253. The molecular weight excluding hydrogens is 671 g/mol. The van der Waals surface area contributed by atoms with Crippen LogP contribution in [-0.4, -0.2) is 6.10 Å². The minimum atomic E-state index is -0.230. The lowest BCUT2D eigenvalue weighted by atomic mass is 9.84. The van der Waals surface area contributed by atoms with Crippen molar-refractivity contribution < 1.29 is 9.15 Å². The Labute approximate surface area is 319 Å². The normalized spacial score (nSPS) is 15.8. The number of para-hydroxylation sites is 1. The molecule has 0 saturated heterocycles. The van der Waals surface area contributed by atoms with Gasteiger partial charge in [-0.3, -0.25) is 0 Å². The number of anilines is 2. The van der Waals surface area contributed by atoms with Crippen LogP contribution in [0.15, 0.2) is 210 Å². The van der Waals surface area contributed by atoms with E-state index in [0.29, 0.717) is 0 Å². The summed E-state index contributed by atoms with van der Waals surface area (Å²) in [5.41, 5.74) is 13.3. The van der Waals surface area contributed by atoms with Crippen molar-refractivity contribution in [1.29, 1.82) is 0 Å². The lowest BCUT2D eigenvalue weighted by Gasteiger charge is -2.34. The van der Waals surface area contributed by atoms with Crippen molar-refractivity contribution in [2.45, 2.75) is 12.0 Å². The third-order valence-electron chi connectivity index (χ3n) is 11.3. The first-order valence-electron chi connectivity index (χ1n) is 18.9. The van der Waals surface area contributed by atoms with Crippen LogP contribution >= 0.6 is 0 Å². The Balaban J connectivity index is 1.04. The Kier molecular flexibility index (Phi) is 7.31. The van der Waals surface area contributed by atoms with E-state index in [0.717, 1.165) is 55.9 Å². The van der Waals surface area contributed by atoms with E-state index < -0.39 is 0 Å². The van der Waals surface area contributed by atoms with Crippen LogP contribution in [0.25, 0.3) is 66.1 Å². The highest BCUT2D eigenvalue weighted by Crippen LogP contribution is 2.52. The van der Waals surface area contributed by atoms with Crippen molar-refractivity contribution in [2.75, 3.05) is 4.90 Å². The van der Waals surface area contributed by atoms with Gasteiger partial charge in [-0.2, -0.15) is 0 Å². The lowest BCUT2D eigenvalue weighted by Crippen LogP contribution is -2.32. The van der Waals surface area contributed by atoms with Crippen molar-refractivity contribution in [3.63, 3.8) is 0 Å². The zero-order chi connectivity index (χ0) is 36.3. The van der Waals surface area contributed by atoms with E-state index in [1.807, 2.05) is 12.1 Å². The van der Waals surface area contributed by atoms with Gasteiger partial charge < -0.3 is 14.1 Å². The second-order valence-corrected chi connectivity index (χ2v) is 14.4. The van der Waals surface area contributed by atoms with Crippen molar-refractivity contribution in [1.82, 2.24) is 0 Å². The van der Waals surface area contributed by atoms with Gasteiger partial charge in [0.2, 0.25) is 0 Å². The topological polar surface area (TPSA) is 25.6 Å². The van der Waals surface area contributed by atoms with Gasteiger partial charge in [0.15, 0.2) is 0 Å². The average molecular weight is 706 g/mol. The van der Waals surface area contributed by atoms with Gasteiger partial charge in [-0.25, -0.2) is 0 Å². The maximum absolute atomic E-state index is 7.20. The molecule has 3 heteroatoms. The van der Waals surface area contributed by atoms with E-state index >= 15 is 0 Å². The Morgan fingerprint density at radius 2 is 1.02 bits per heavy atom. The number of nitrogens with zero attached hydrogens (tertiary/aromatic N) is 1. The highest BCUT2D eigenvalue weighted by molar-refractivity contribution is 6.16. The summed E-state index contributed by atoms with van der Waals surface area (Å²) in [5.74, 6) is 0.957. The number of hydrogen-bond donors (Lipinski definition) is 0. The molecule has 8 aromatic carbocycles. The number of rotatable bonds is 6. The first-order valence-corrected chi connectivity index (χ1v) is 18.9. The number of hydrogen-bond acceptors (Lipinski definition) is 3. The molecule has 0 amide bonds. The smallest absolute Gasteiger partial charge is 0.149 e. The van der Waals surface area contributed by atoms with Gasteiger partial charge in [0.1, 0.15) is 23.0 Å². The zero-order valence-corrected chi connectivity index (χ0v) is 30.0. The van der Waals surface area contributed by atoms with Crippen molar-refractivity contribution in [3.05, 3.63) is 211 Å². The summed E-state index contributed by atoms with van der Waals surface area (Å²) in [6.45, 7) is 0. The molecule has 2 unspecified atom stereocenters. The van der Waals surface area contributed by atoms with Gasteiger partial charge in [0, 0.05) is 33.6 Å².